The fourth-order valence-electron chi connectivity index (χ4n) is 3.97. The number of hydrogen-bond donors (Lipinski definition) is 2. The first kappa shape index (κ1) is 19.4. The molecule has 5 rings (SSSR count). The third-order valence-corrected chi connectivity index (χ3v) is 5.61. The molecule has 0 spiro atoms. The van der Waals surface area contributed by atoms with Crippen LogP contribution < -0.4 is 15.5 Å². The Morgan fingerprint density at radius 1 is 1.16 bits per heavy atom. The molecule has 2 aromatic heterocycles. The fourth-order valence-corrected chi connectivity index (χ4v) is 3.97. The van der Waals surface area contributed by atoms with Gasteiger partial charge in [0.05, 0.1) is 37.5 Å². The lowest BCUT2D eigenvalue weighted by atomic mass is 10.0. The van der Waals surface area contributed by atoms with E-state index in [9.17, 15) is 13.6 Å². The Kier molecular flexibility index (Phi) is 4.55. The zero-order valence-electron chi connectivity index (χ0n) is 16.9. The molecule has 0 bridgehead atoms. The molecule has 158 valence electrons. The van der Waals surface area contributed by atoms with E-state index in [1.807, 2.05) is 0 Å². The number of hydrogen-bond acceptors (Lipinski definition) is 5. The van der Waals surface area contributed by atoms with Gasteiger partial charge in [-0.3, -0.25) is 4.79 Å². The average Bonchev–Trinajstić information content (AvgIpc) is 3.19. The van der Waals surface area contributed by atoms with Gasteiger partial charge in [-0.05, 0) is 31.2 Å². The molecule has 0 aliphatic carbocycles. The number of ether oxygens (including phenoxy) is 1. The van der Waals surface area contributed by atoms with Crippen LogP contribution in [-0.4, -0.2) is 26.9 Å². The van der Waals surface area contributed by atoms with Crippen LogP contribution in [0.1, 0.15) is 23.0 Å². The van der Waals surface area contributed by atoms with E-state index in [1.54, 1.807) is 17.7 Å². The van der Waals surface area contributed by atoms with Gasteiger partial charge in [0.15, 0.2) is 11.3 Å². The second-order valence-corrected chi connectivity index (χ2v) is 7.50. The molecule has 1 unspecified atom stereocenters. The molecule has 2 N–H and O–H groups in total. The van der Waals surface area contributed by atoms with Gasteiger partial charge in [0, 0.05) is 22.6 Å². The highest BCUT2D eigenvalue weighted by Gasteiger charge is 2.26. The van der Waals surface area contributed by atoms with E-state index in [0.717, 1.165) is 5.56 Å². The summed E-state index contributed by atoms with van der Waals surface area (Å²) in [6.07, 6.45) is 0. The maximum absolute atomic E-state index is 13.6. The van der Waals surface area contributed by atoms with Crippen molar-refractivity contribution in [1.82, 2.24) is 25.1 Å². The number of rotatable bonds is 3. The topological polar surface area (TPSA) is 84.8 Å². The molecular formula is C22H19F2N5O2. The van der Waals surface area contributed by atoms with Crippen LogP contribution in [0.5, 0.6) is 5.75 Å². The predicted molar refractivity (Wildman–Crippen MR) is 111 cm³/mol. The van der Waals surface area contributed by atoms with Crippen LogP contribution in [0.3, 0.4) is 0 Å². The minimum absolute atomic E-state index is 0.141. The van der Waals surface area contributed by atoms with E-state index in [4.69, 9.17) is 4.74 Å². The van der Waals surface area contributed by atoms with Crippen molar-refractivity contribution in [3.05, 3.63) is 75.2 Å². The van der Waals surface area contributed by atoms with E-state index in [0.29, 0.717) is 47.3 Å². The molecule has 31 heavy (non-hydrogen) atoms. The number of nitrogens with one attached hydrogen (secondary N) is 2. The standard InChI is InChI=1S/C22H19F2N5O2/c1-11-20(26-16-6-4-12(23)7-15(16)21(11)30)22-27-19-9-25-17(10-29(19)28-22)14-5-3-13(24)8-18(14)31-2/h3-8,17,25H,9-10H2,1-2H3,(H,26,30). The lowest BCUT2D eigenvalue weighted by molar-refractivity contribution is 0.349. The molecule has 0 saturated carbocycles. The summed E-state index contributed by atoms with van der Waals surface area (Å²) >= 11 is 0. The molecule has 1 aliphatic rings. The molecule has 1 aliphatic heterocycles. The third-order valence-electron chi connectivity index (χ3n) is 5.61. The highest BCUT2D eigenvalue weighted by atomic mass is 19.1. The number of fused-ring (bicyclic) bond motifs is 2. The lowest BCUT2D eigenvalue weighted by Gasteiger charge is -2.25. The molecule has 0 amide bonds. The van der Waals surface area contributed by atoms with Crippen molar-refractivity contribution in [1.29, 1.82) is 0 Å². The van der Waals surface area contributed by atoms with E-state index in [-0.39, 0.29) is 22.7 Å². The number of benzene rings is 2. The van der Waals surface area contributed by atoms with E-state index in [1.165, 1.54) is 37.4 Å². The number of pyridine rings is 1. The Hall–Kier alpha value is -3.59. The minimum Gasteiger partial charge on any atom is -0.496 e. The Bertz CT molecular complexity index is 1380. The van der Waals surface area contributed by atoms with Crippen molar-refractivity contribution in [2.24, 2.45) is 0 Å². The molecule has 2 aromatic carbocycles. The Labute approximate surface area is 175 Å². The summed E-state index contributed by atoms with van der Waals surface area (Å²) in [5.41, 5.74) is 2.01. The van der Waals surface area contributed by atoms with Crippen molar-refractivity contribution in [2.75, 3.05) is 7.11 Å². The molecule has 9 heteroatoms. The van der Waals surface area contributed by atoms with Gasteiger partial charge >= 0.3 is 0 Å². The summed E-state index contributed by atoms with van der Waals surface area (Å²) in [6, 6.07) is 8.35. The lowest BCUT2D eigenvalue weighted by Crippen LogP contribution is -2.33. The summed E-state index contributed by atoms with van der Waals surface area (Å²) < 4.78 is 34.2. The fraction of sp³-hybridized carbons (Fsp3) is 0.227. The summed E-state index contributed by atoms with van der Waals surface area (Å²) in [6.45, 7) is 2.58. The van der Waals surface area contributed by atoms with Gasteiger partial charge in [0.1, 0.15) is 23.2 Å². The summed E-state index contributed by atoms with van der Waals surface area (Å²) in [5.74, 6) is 0.740. The van der Waals surface area contributed by atoms with E-state index >= 15 is 0 Å². The Balaban J connectivity index is 1.53. The summed E-state index contributed by atoms with van der Waals surface area (Å²) in [5, 5.41) is 8.26. The van der Waals surface area contributed by atoms with Gasteiger partial charge in [-0.15, -0.1) is 5.10 Å². The maximum Gasteiger partial charge on any atom is 0.198 e. The van der Waals surface area contributed by atoms with Crippen LogP contribution in [-0.2, 0) is 13.1 Å². The monoisotopic (exact) mass is 423 g/mol. The van der Waals surface area contributed by atoms with Crippen LogP contribution in [0.25, 0.3) is 22.4 Å². The number of methoxy groups -OCH3 is 1. The van der Waals surface area contributed by atoms with Crippen molar-refractivity contribution < 1.29 is 13.5 Å². The number of halogens is 2. The van der Waals surface area contributed by atoms with Crippen LogP contribution in [0.15, 0.2) is 41.2 Å². The Morgan fingerprint density at radius 2 is 1.94 bits per heavy atom. The minimum atomic E-state index is -0.464. The number of aromatic amines is 1. The molecule has 4 aromatic rings. The largest absolute Gasteiger partial charge is 0.496 e. The Morgan fingerprint density at radius 3 is 2.74 bits per heavy atom. The molecule has 7 nitrogen and oxygen atoms in total. The second-order valence-electron chi connectivity index (χ2n) is 7.50. The molecular weight excluding hydrogens is 404 g/mol. The molecule has 0 saturated heterocycles. The highest BCUT2D eigenvalue weighted by Crippen LogP contribution is 2.30. The smallest absolute Gasteiger partial charge is 0.198 e. The van der Waals surface area contributed by atoms with Crippen molar-refractivity contribution in [3.8, 4) is 17.3 Å². The molecule has 3 heterocycles. The van der Waals surface area contributed by atoms with Gasteiger partial charge in [0.2, 0.25) is 0 Å². The quantitative estimate of drug-likeness (QED) is 0.529. The first-order chi connectivity index (χ1) is 14.9. The third kappa shape index (κ3) is 3.27. The van der Waals surface area contributed by atoms with E-state index < -0.39 is 5.82 Å². The summed E-state index contributed by atoms with van der Waals surface area (Å²) in [4.78, 5) is 20.5. The average molecular weight is 423 g/mol. The van der Waals surface area contributed by atoms with Crippen LogP contribution in [0, 0.1) is 18.6 Å². The van der Waals surface area contributed by atoms with Crippen LogP contribution in [0.2, 0.25) is 0 Å². The van der Waals surface area contributed by atoms with Gasteiger partial charge in [0.25, 0.3) is 0 Å². The maximum atomic E-state index is 13.6. The normalized spacial score (nSPS) is 15.8. The van der Waals surface area contributed by atoms with Gasteiger partial charge in [-0.25, -0.2) is 18.4 Å². The molecule has 0 radical (unpaired) electrons. The van der Waals surface area contributed by atoms with Crippen LogP contribution >= 0.6 is 0 Å². The second kappa shape index (κ2) is 7.28. The van der Waals surface area contributed by atoms with Crippen molar-refractivity contribution in [3.63, 3.8) is 0 Å². The first-order valence-corrected chi connectivity index (χ1v) is 9.77. The number of nitrogens with zero attached hydrogens (tertiary/aromatic N) is 3. The molecule has 1 atom stereocenters. The zero-order chi connectivity index (χ0) is 21.7. The van der Waals surface area contributed by atoms with Crippen molar-refractivity contribution >= 4 is 10.9 Å². The van der Waals surface area contributed by atoms with E-state index in [2.05, 4.69) is 20.4 Å². The molecule has 0 fully saturated rings. The zero-order valence-corrected chi connectivity index (χ0v) is 16.9. The van der Waals surface area contributed by atoms with Gasteiger partial charge in [-0.2, -0.15) is 0 Å². The van der Waals surface area contributed by atoms with Crippen molar-refractivity contribution in [2.45, 2.75) is 26.1 Å². The van der Waals surface area contributed by atoms with Crippen LogP contribution in [0.4, 0.5) is 8.78 Å². The SMILES string of the molecule is COc1cc(F)ccc1C1Cn2nc(-c3[nH]c4ccc(F)cc4c(=O)c3C)nc2CN1. The predicted octanol–water partition coefficient (Wildman–Crippen LogP) is 3.23. The van der Waals surface area contributed by atoms with Gasteiger partial charge < -0.3 is 15.0 Å². The number of H-pyrrole nitrogens is 1. The summed E-state index contributed by atoms with van der Waals surface area (Å²) in [7, 11) is 1.50. The first-order valence-electron chi connectivity index (χ1n) is 9.77. The highest BCUT2D eigenvalue weighted by molar-refractivity contribution is 5.82. The number of aromatic nitrogens is 4. The van der Waals surface area contributed by atoms with Gasteiger partial charge in [-0.1, -0.05) is 6.07 Å².